The molecular formula is C12H25N3O. The fourth-order valence-electron chi connectivity index (χ4n) is 2.81. The highest BCUT2D eigenvalue weighted by atomic mass is 16.5. The lowest BCUT2D eigenvalue weighted by Crippen LogP contribution is -2.51. The van der Waals surface area contributed by atoms with Crippen LogP contribution in [0.4, 0.5) is 0 Å². The molecule has 2 fully saturated rings. The molecule has 4 heteroatoms. The summed E-state index contributed by atoms with van der Waals surface area (Å²) in [5.41, 5.74) is 5.83. The Morgan fingerprint density at radius 1 is 1.31 bits per heavy atom. The normalized spacial score (nSPS) is 34.1. The highest BCUT2D eigenvalue weighted by Gasteiger charge is 2.26. The van der Waals surface area contributed by atoms with Gasteiger partial charge in [-0.3, -0.25) is 4.90 Å². The maximum absolute atomic E-state index is 5.83. The van der Waals surface area contributed by atoms with Crippen molar-refractivity contribution < 1.29 is 4.74 Å². The molecular weight excluding hydrogens is 202 g/mol. The number of ether oxygens (including phenoxy) is 1. The minimum Gasteiger partial charge on any atom is -0.374 e. The van der Waals surface area contributed by atoms with Crippen molar-refractivity contribution in [3.8, 4) is 0 Å². The van der Waals surface area contributed by atoms with Crippen LogP contribution in [0.5, 0.6) is 0 Å². The van der Waals surface area contributed by atoms with Gasteiger partial charge in [0.05, 0.1) is 12.7 Å². The van der Waals surface area contributed by atoms with Gasteiger partial charge in [0.1, 0.15) is 0 Å². The summed E-state index contributed by atoms with van der Waals surface area (Å²) >= 11 is 0. The molecule has 94 valence electrons. The summed E-state index contributed by atoms with van der Waals surface area (Å²) in [6, 6.07) is 0.588. The average Bonchev–Trinajstić information content (AvgIpc) is 2.30. The standard InChI is InChI=1S/C12H25N3O/c1-14-6-7-16-12(9-14)10-15-5-3-2-4-11(15)8-13/h11-12H,2-10,13H2,1H3. The summed E-state index contributed by atoms with van der Waals surface area (Å²) in [5, 5.41) is 0. The number of nitrogens with two attached hydrogens (primary N) is 1. The molecule has 0 aromatic heterocycles. The molecule has 0 spiro atoms. The number of likely N-dealkylation sites (tertiary alicyclic amines) is 1. The Balaban J connectivity index is 1.82. The maximum atomic E-state index is 5.83. The van der Waals surface area contributed by atoms with Crippen molar-refractivity contribution in [3.05, 3.63) is 0 Å². The molecule has 0 saturated carbocycles. The first-order valence-electron chi connectivity index (χ1n) is 6.54. The smallest absolute Gasteiger partial charge is 0.0829 e. The molecule has 2 N–H and O–H groups in total. The van der Waals surface area contributed by atoms with E-state index in [9.17, 15) is 0 Å². The highest BCUT2D eigenvalue weighted by molar-refractivity contribution is 4.81. The molecule has 2 aliphatic rings. The Hall–Kier alpha value is -0.160. The van der Waals surface area contributed by atoms with Crippen LogP contribution < -0.4 is 5.73 Å². The van der Waals surface area contributed by atoms with E-state index in [1.165, 1.54) is 25.8 Å². The number of morpholine rings is 1. The number of nitrogens with zero attached hydrogens (tertiary/aromatic N) is 2. The first-order valence-corrected chi connectivity index (χ1v) is 6.54. The van der Waals surface area contributed by atoms with Crippen molar-refractivity contribution in [2.45, 2.75) is 31.4 Å². The fraction of sp³-hybridized carbons (Fsp3) is 1.00. The largest absolute Gasteiger partial charge is 0.374 e. The summed E-state index contributed by atoms with van der Waals surface area (Å²) in [6.45, 7) is 6.06. The molecule has 0 bridgehead atoms. The van der Waals surface area contributed by atoms with Gasteiger partial charge in [0.15, 0.2) is 0 Å². The fourth-order valence-corrected chi connectivity index (χ4v) is 2.81. The Morgan fingerprint density at radius 3 is 2.94 bits per heavy atom. The van der Waals surface area contributed by atoms with Gasteiger partial charge in [0.2, 0.25) is 0 Å². The van der Waals surface area contributed by atoms with E-state index < -0.39 is 0 Å². The van der Waals surface area contributed by atoms with Gasteiger partial charge in [0.25, 0.3) is 0 Å². The molecule has 0 aromatic carbocycles. The zero-order valence-electron chi connectivity index (χ0n) is 10.4. The summed E-state index contributed by atoms with van der Waals surface area (Å²) < 4.78 is 5.82. The van der Waals surface area contributed by atoms with E-state index in [1.54, 1.807) is 0 Å². The number of likely N-dealkylation sites (N-methyl/N-ethyl adjacent to an activating group) is 1. The number of rotatable bonds is 3. The van der Waals surface area contributed by atoms with Crippen LogP contribution in [0.3, 0.4) is 0 Å². The van der Waals surface area contributed by atoms with Gasteiger partial charge in [-0.1, -0.05) is 6.42 Å². The van der Waals surface area contributed by atoms with E-state index in [0.717, 1.165) is 32.8 Å². The van der Waals surface area contributed by atoms with Crippen LogP contribution in [0.15, 0.2) is 0 Å². The monoisotopic (exact) mass is 227 g/mol. The SMILES string of the molecule is CN1CCOC(CN2CCCCC2CN)C1. The van der Waals surface area contributed by atoms with Gasteiger partial charge in [0, 0.05) is 32.2 Å². The van der Waals surface area contributed by atoms with Gasteiger partial charge in [-0.2, -0.15) is 0 Å². The lowest BCUT2D eigenvalue weighted by Gasteiger charge is -2.39. The molecule has 4 nitrogen and oxygen atoms in total. The molecule has 0 aromatic rings. The Morgan fingerprint density at radius 2 is 2.19 bits per heavy atom. The van der Waals surface area contributed by atoms with Crippen LogP contribution in [0, 0.1) is 0 Å². The Kier molecular flexibility index (Phi) is 4.58. The predicted octanol–water partition coefficient (Wildman–Crippen LogP) is 0.130. The highest BCUT2D eigenvalue weighted by Crippen LogP contribution is 2.17. The van der Waals surface area contributed by atoms with Crippen LogP contribution >= 0.6 is 0 Å². The van der Waals surface area contributed by atoms with Gasteiger partial charge in [-0.05, 0) is 26.4 Å². The van der Waals surface area contributed by atoms with Gasteiger partial charge >= 0.3 is 0 Å². The lowest BCUT2D eigenvalue weighted by atomic mass is 10.0. The summed E-state index contributed by atoms with van der Waals surface area (Å²) in [4.78, 5) is 4.89. The van der Waals surface area contributed by atoms with Gasteiger partial charge in [-0.15, -0.1) is 0 Å². The summed E-state index contributed by atoms with van der Waals surface area (Å²) in [5.74, 6) is 0. The first kappa shape index (κ1) is 12.3. The Bertz CT molecular complexity index is 212. The van der Waals surface area contributed by atoms with E-state index in [0.29, 0.717) is 12.1 Å². The van der Waals surface area contributed by atoms with Crippen LogP contribution in [-0.2, 0) is 4.74 Å². The van der Waals surface area contributed by atoms with Crippen molar-refractivity contribution in [1.82, 2.24) is 9.80 Å². The third-order valence-corrected chi connectivity index (χ3v) is 3.80. The molecule has 2 unspecified atom stereocenters. The number of hydrogen-bond acceptors (Lipinski definition) is 4. The van der Waals surface area contributed by atoms with Crippen LogP contribution in [0.1, 0.15) is 19.3 Å². The minimum absolute atomic E-state index is 0.380. The molecule has 2 rings (SSSR count). The third-order valence-electron chi connectivity index (χ3n) is 3.80. The quantitative estimate of drug-likeness (QED) is 0.744. The van der Waals surface area contributed by atoms with Crippen molar-refractivity contribution in [1.29, 1.82) is 0 Å². The van der Waals surface area contributed by atoms with Crippen molar-refractivity contribution in [2.24, 2.45) is 5.73 Å². The van der Waals surface area contributed by atoms with Crippen molar-refractivity contribution in [3.63, 3.8) is 0 Å². The lowest BCUT2D eigenvalue weighted by molar-refractivity contribution is -0.0445. The Labute approximate surface area is 98.7 Å². The molecule has 16 heavy (non-hydrogen) atoms. The molecule has 2 saturated heterocycles. The van der Waals surface area contributed by atoms with Gasteiger partial charge < -0.3 is 15.4 Å². The number of piperidine rings is 1. The van der Waals surface area contributed by atoms with Crippen LogP contribution in [0.25, 0.3) is 0 Å². The molecule has 0 amide bonds. The zero-order valence-corrected chi connectivity index (χ0v) is 10.4. The van der Waals surface area contributed by atoms with Gasteiger partial charge in [-0.25, -0.2) is 0 Å². The van der Waals surface area contributed by atoms with Crippen molar-refractivity contribution >= 4 is 0 Å². The van der Waals surface area contributed by atoms with E-state index in [4.69, 9.17) is 10.5 Å². The third kappa shape index (κ3) is 3.17. The second-order valence-electron chi connectivity index (χ2n) is 5.14. The summed E-state index contributed by atoms with van der Waals surface area (Å²) in [7, 11) is 2.17. The molecule has 0 aliphatic carbocycles. The molecule has 2 heterocycles. The molecule has 0 radical (unpaired) electrons. The molecule has 2 aliphatic heterocycles. The predicted molar refractivity (Wildman–Crippen MR) is 65.5 cm³/mol. The summed E-state index contributed by atoms with van der Waals surface area (Å²) in [6.07, 6.45) is 4.30. The second-order valence-corrected chi connectivity index (χ2v) is 5.14. The van der Waals surface area contributed by atoms with Crippen molar-refractivity contribution in [2.75, 3.05) is 46.4 Å². The van der Waals surface area contributed by atoms with E-state index in [2.05, 4.69) is 16.8 Å². The first-order chi connectivity index (χ1) is 7.79. The number of hydrogen-bond donors (Lipinski definition) is 1. The maximum Gasteiger partial charge on any atom is 0.0829 e. The van der Waals surface area contributed by atoms with E-state index >= 15 is 0 Å². The van der Waals surface area contributed by atoms with Crippen LogP contribution in [0.2, 0.25) is 0 Å². The topological polar surface area (TPSA) is 41.7 Å². The minimum atomic E-state index is 0.380. The second kappa shape index (κ2) is 5.96. The molecule has 2 atom stereocenters. The van der Waals surface area contributed by atoms with Crippen LogP contribution in [-0.4, -0.2) is 68.3 Å². The van der Waals surface area contributed by atoms with E-state index in [1.807, 2.05) is 0 Å². The van der Waals surface area contributed by atoms with E-state index in [-0.39, 0.29) is 0 Å². The zero-order chi connectivity index (χ0) is 11.4. The average molecular weight is 227 g/mol.